The number of hydrogen-bond donors (Lipinski definition) is 2. The Kier molecular flexibility index (Phi) is 6.18. The second-order valence-electron chi connectivity index (χ2n) is 4.79. The van der Waals surface area contributed by atoms with Gasteiger partial charge in [-0.15, -0.1) is 0 Å². The Labute approximate surface area is 114 Å². The minimum Gasteiger partial charge on any atom is -0.389 e. The summed E-state index contributed by atoms with van der Waals surface area (Å²) < 4.78 is 28.8. The average Bonchev–Trinajstić information content (AvgIpc) is 2.35. The summed E-state index contributed by atoms with van der Waals surface area (Å²) in [5.74, 6) is -0.323. The molecule has 0 aromatic heterocycles. The number of rotatable bonds is 6. The maximum Gasteiger partial charge on any atom is 0.223 e. The highest BCUT2D eigenvalue weighted by atomic mass is 32.2. The number of ether oxygens (including phenoxy) is 1. The molecule has 8 heteroatoms. The minimum absolute atomic E-state index is 0.136. The Morgan fingerprint density at radius 2 is 2.05 bits per heavy atom. The van der Waals surface area contributed by atoms with Crippen molar-refractivity contribution in [3.8, 4) is 0 Å². The topological polar surface area (TPSA) is 95.9 Å². The Morgan fingerprint density at radius 1 is 1.47 bits per heavy atom. The summed E-state index contributed by atoms with van der Waals surface area (Å²) in [7, 11) is -1.68. The zero-order valence-electron chi connectivity index (χ0n) is 11.3. The molecule has 19 heavy (non-hydrogen) atoms. The van der Waals surface area contributed by atoms with Crippen molar-refractivity contribution in [2.45, 2.75) is 18.9 Å². The smallest absolute Gasteiger partial charge is 0.223 e. The van der Waals surface area contributed by atoms with Crippen molar-refractivity contribution in [3.05, 3.63) is 0 Å². The third-order valence-corrected chi connectivity index (χ3v) is 4.47. The first-order valence-corrected chi connectivity index (χ1v) is 8.09. The molecular formula is C11H22N2O5S. The van der Waals surface area contributed by atoms with E-state index in [0.29, 0.717) is 25.9 Å². The number of carbonyl (C=O) groups excluding carboxylic acids is 1. The Morgan fingerprint density at radius 3 is 2.53 bits per heavy atom. The summed E-state index contributed by atoms with van der Waals surface area (Å²) in [5, 5.41) is 12.1. The van der Waals surface area contributed by atoms with E-state index in [9.17, 15) is 18.3 Å². The van der Waals surface area contributed by atoms with Crippen LogP contribution in [0.5, 0.6) is 0 Å². The fourth-order valence-corrected chi connectivity index (χ4v) is 2.94. The Bertz CT molecular complexity index is 390. The van der Waals surface area contributed by atoms with Crippen LogP contribution in [0.3, 0.4) is 0 Å². The second kappa shape index (κ2) is 7.18. The first kappa shape index (κ1) is 16.4. The van der Waals surface area contributed by atoms with E-state index >= 15 is 0 Å². The van der Waals surface area contributed by atoms with Gasteiger partial charge in [0.1, 0.15) is 0 Å². The van der Waals surface area contributed by atoms with E-state index in [-0.39, 0.29) is 25.0 Å². The summed E-state index contributed by atoms with van der Waals surface area (Å²) in [6.07, 6.45) is 1.48. The molecule has 1 rings (SSSR count). The number of piperidine rings is 1. The van der Waals surface area contributed by atoms with E-state index in [2.05, 4.69) is 5.32 Å². The van der Waals surface area contributed by atoms with Crippen molar-refractivity contribution >= 4 is 15.9 Å². The van der Waals surface area contributed by atoms with E-state index in [0.717, 1.165) is 0 Å². The molecule has 0 radical (unpaired) electrons. The van der Waals surface area contributed by atoms with Gasteiger partial charge in [-0.05, 0) is 12.8 Å². The quantitative estimate of drug-likeness (QED) is 0.640. The van der Waals surface area contributed by atoms with Gasteiger partial charge in [-0.25, -0.2) is 12.7 Å². The first-order valence-electron chi connectivity index (χ1n) is 6.24. The number of aliphatic hydroxyl groups is 1. The lowest BCUT2D eigenvalue weighted by Gasteiger charge is -2.29. The van der Waals surface area contributed by atoms with Gasteiger partial charge in [0, 0.05) is 32.7 Å². The highest BCUT2D eigenvalue weighted by molar-refractivity contribution is 7.88. The fraction of sp³-hybridized carbons (Fsp3) is 0.909. The van der Waals surface area contributed by atoms with Crippen molar-refractivity contribution in [2.24, 2.45) is 5.92 Å². The molecule has 0 bridgehead atoms. The number of amides is 1. The van der Waals surface area contributed by atoms with Gasteiger partial charge in [0.25, 0.3) is 0 Å². The third-order valence-electron chi connectivity index (χ3n) is 3.16. The maximum atomic E-state index is 11.8. The average molecular weight is 294 g/mol. The number of hydrogen-bond acceptors (Lipinski definition) is 5. The van der Waals surface area contributed by atoms with E-state index in [1.165, 1.54) is 17.7 Å². The molecule has 1 heterocycles. The molecule has 1 unspecified atom stereocenters. The molecule has 1 saturated heterocycles. The standard InChI is InChI=1S/C11H22N2O5S/c1-18-8-10(14)7-12-11(15)9-3-5-13(6-4-9)19(2,16)17/h9-10,14H,3-8H2,1-2H3,(H,12,15). The SMILES string of the molecule is COCC(O)CNC(=O)C1CCN(S(C)(=O)=O)CC1. The lowest BCUT2D eigenvalue weighted by Crippen LogP contribution is -2.44. The fourth-order valence-electron chi connectivity index (χ4n) is 2.06. The second-order valence-corrected chi connectivity index (χ2v) is 6.77. The summed E-state index contributed by atoms with van der Waals surface area (Å²) in [5.41, 5.74) is 0. The molecular weight excluding hydrogens is 272 g/mol. The van der Waals surface area contributed by atoms with E-state index in [4.69, 9.17) is 4.74 Å². The predicted molar refractivity (Wildman–Crippen MR) is 70.0 cm³/mol. The number of nitrogens with one attached hydrogen (secondary N) is 1. The van der Waals surface area contributed by atoms with Gasteiger partial charge in [-0.1, -0.05) is 0 Å². The zero-order valence-corrected chi connectivity index (χ0v) is 12.1. The van der Waals surface area contributed by atoms with Crippen LogP contribution in [0, 0.1) is 5.92 Å². The van der Waals surface area contributed by atoms with Crippen molar-refractivity contribution in [3.63, 3.8) is 0 Å². The lowest BCUT2D eigenvalue weighted by molar-refractivity contribution is -0.126. The van der Waals surface area contributed by atoms with E-state index in [1.807, 2.05) is 0 Å². The van der Waals surface area contributed by atoms with Crippen LogP contribution < -0.4 is 5.32 Å². The number of methoxy groups -OCH3 is 1. The molecule has 1 atom stereocenters. The summed E-state index contributed by atoms with van der Waals surface area (Å²) in [6, 6.07) is 0. The van der Waals surface area contributed by atoms with Gasteiger partial charge in [0.15, 0.2) is 0 Å². The largest absolute Gasteiger partial charge is 0.389 e. The minimum atomic E-state index is -3.16. The van der Waals surface area contributed by atoms with E-state index < -0.39 is 16.1 Å². The highest BCUT2D eigenvalue weighted by Crippen LogP contribution is 2.19. The van der Waals surface area contributed by atoms with Crippen LogP contribution in [0.2, 0.25) is 0 Å². The normalized spacial score (nSPS) is 20.2. The molecule has 112 valence electrons. The van der Waals surface area contributed by atoms with Crippen LogP contribution in [-0.2, 0) is 19.6 Å². The lowest BCUT2D eigenvalue weighted by atomic mass is 9.97. The zero-order chi connectivity index (χ0) is 14.5. The predicted octanol–water partition coefficient (Wildman–Crippen LogP) is -1.22. The summed E-state index contributed by atoms with van der Waals surface area (Å²) in [6.45, 7) is 1.07. The van der Waals surface area contributed by atoms with E-state index in [1.54, 1.807) is 0 Å². The highest BCUT2D eigenvalue weighted by Gasteiger charge is 2.28. The van der Waals surface area contributed by atoms with Gasteiger partial charge in [0.2, 0.25) is 15.9 Å². The van der Waals surface area contributed by atoms with Crippen LogP contribution in [0.15, 0.2) is 0 Å². The maximum absolute atomic E-state index is 11.8. The number of nitrogens with zero attached hydrogens (tertiary/aromatic N) is 1. The molecule has 1 amide bonds. The number of carbonyl (C=O) groups is 1. The van der Waals surface area contributed by atoms with Gasteiger partial charge >= 0.3 is 0 Å². The van der Waals surface area contributed by atoms with Gasteiger partial charge in [-0.2, -0.15) is 0 Å². The molecule has 1 fully saturated rings. The Balaban J connectivity index is 2.33. The first-order chi connectivity index (χ1) is 8.84. The molecule has 1 aliphatic heterocycles. The van der Waals surface area contributed by atoms with Crippen LogP contribution >= 0.6 is 0 Å². The molecule has 7 nitrogen and oxygen atoms in total. The van der Waals surface area contributed by atoms with Crippen molar-refractivity contribution in [1.82, 2.24) is 9.62 Å². The van der Waals surface area contributed by atoms with Gasteiger partial charge in [0.05, 0.1) is 19.0 Å². The summed E-state index contributed by atoms with van der Waals surface area (Å²) in [4.78, 5) is 11.8. The molecule has 0 saturated carbocycles. The summed E-state index contributed by atoms with van der Waals surface area (Å²) >= 11 is 0. The molecule has 0 aromatic carbocycles. The van der Waals surface area contributed by atoms with Gasteiger partial charge < -0.3 is 15.2 Å². The van der Waals surface area contributed by atoms with Crippen LogP contribution in [-0.4, -0.2) is 69.4 Å². The third kappa shape index (κ3) is 5.43. The number of aliphatic hydroxyl groups excluding tert-OH is 1. The molecule has 0 spiro atoms. The monoisotopic (exact) mass is 294 g/mol. The molecule has 0 aliphatic carbocycles. The molecule has 0 aromatic rings. The van der Waals surface area contributed by atoms with Gasteiger partial charge in [-0.3, -0.25) is 4.79 Å². The molecule has 1 aliphatic rings. The van der Waals surface area contributed by atoms with Crippen LogP contribution in [0.25, 0.3) is 0 Å². The van der Waals surface area contributed by atoms with Crippen LogP contribution in [0.4, 0.5) is 0 Å². The number of sulfonamides is 1. The Hall–Kier alpha value is -0.700. The van der Waals surface area contributed by atoms with Crippen LogP contribution in [0.1, 0.15) is 12.8 Å². The van der Waals surface area contributed by atoms with Crippen molar-refractivity contribution < 1.29 is 23.1 Å². The van der Waals surface area contributed by atoms with Crippen molar-refractivity contribution in [1.29, 1.82) is 0 Å². The molecule has 2 N–H and O–H groups in total. The van der Waals surface area contributed by atoms with Crippen molar-refractivity contribution in [2.75, 3.05) is 39.6 Å².